The minimum atomic E-state index is 0.610. The van der Waals surface area contributed by atoms with Gasteiger partial charge in [0.15, 0.2) is 0 Å². The fourth-order valence-corrected chi connectivity index (χ4v) is 2.35. The van der Waals surface area contributed by atoms with E-state index in [2.05, 4.69) is 11.1 Å². The van der Waals surface area contributed by atoms with Gasteiger partial charge in [0.2, 0.25) is 0 Å². The van der Waals surface area contributed by atoms with Crippen LogP contribution in [0.25, 0.3) is 22.6 Å². The minimum absolute atomic E-state index is 0.610. The van der Waals surface area contributed by atoms with Crippen LogP contribution < -0.4 is 4.74 Å². The van der Waals surface area contributed by atoms with Gasteiger partial charge in [-0.25, -0.2) is 0 Å². The average molecular weight is 286 g/mol. The maximum absolute atomic E-state index is 9.47. The largest absolute Gasteiger partial charge is 0.497 e. The molecule has 0 aliphatic carbocycles. The van der Waals surface area contributed by atoms with Crippen molar-refractivity contribution in [2.45, 2.75) is 0 Å². The van der Waals surface area contributed by atoms with Gasteiger partial charge in [0, 0.05) is 11.6 Å². The molecule has 0 bridgehead atoms. The summed E-state index contributed by atoms with van der Waals surface area (Å²) in [5.41, 5.74) is 3.38. The van der Waals surface area contributed by atoms with E-state index in [1.54, 1.807) is 13.3 Å². The van der Waals surface area contributed by atoms with Gasteiger partial charge in [-0.1, -0.05) is 18.2 Å². The van der Waals surface area contributed by atoms with Crippen molar-refractivity contribution in [3.63, 3.8) is 0 Å². The molecule has 22 heavy (non-hydrogen) atoms. The third-order valence-corrected chi connectivity index (χ3v) is 3.50. The third-order valence-electron chi connectivity index (χ3n) is 3.50. The molecule has 3 nitrogen and oxygen atoms in total. The van der Waals surface area contributed by atoms with E-state index in [4.69, 9.17) is 4.74 Å². The van der Waals surface area contributed by atoms with Gasteiger partial charge >= 0.3 is 0 Å². The van der Waals surface area contributed by atoms with Crippen molar-refractivity contribution >= 4 is 22.6 Å². The van der Waals surface area contributed by atoms with Crippen molar-refractivity contribution in [1.82, 2.24) is 4.98 Å². The van der Waals surface area contributed by atoms with Crippen LogP contribution in [0.1, 0.15) is 11.1 Å². The van der Waals surface area contributed by atoms with Gasteiger partial charge in [-0.2, -0.15) is 5.26 Å². The van der Waals surface area contributed by atoms with Crippen LogP contribution in [0.5, 0.6) is 5.75 Å². The standard InChI is InChI=1S/C19H14N2O/c1-22-17-8-6-14(7-9-17)16(13-20)12-15-10-11-21-19-5-3-2-4-18(15)19/h2-12H,1H3/b16-12+. The highest BCUT2D eigenvalue weighted by atomic mass is 16.5. The number of hydrogen-bond donors (Lipinski definition) is 0. The number of ether oxygens (including phenoxy) is 1. The highest BCUT2D eigenvalue weighted by Crippen LogP contribution is 2.24. The highest BCUT2D eigenvalue weighted by molar-refractivity contribution is 5.97. The third kappa shape index (κ3) is 2.68. The van der Waals surface area contributed by atoms with Crippen molar-refractivity contribution in [3.05, 3.63) is 71.9 Å². The fraction of sp³-hybridized carbons (Fsp3) is 0.0526. The first-order valence-corrected chi connectivity index (χ1v) is 6.92. The Morgan fingerprint density at radius 1 is 1.09 bits per heavy atom. The summed E-state index contributed by atoms with van der Waals surface area (Å²) in [5.74, 6) is 0.774. The van der Waals surface area contributed by atoms with Gasteiger partial charge in [0.25, 0.3) is 0 Å². The number of rotatable bonds is 3. The average Bonchev–Trinajstić information content (AvgIpc) is 2.60. The van der Waals surface area contributed by atoms with Gasteiger partial charge in [-0.3, -0.25) is 4.98 Å². The van der Waals surface area contributed by atoms with Gasteiger partial charge in [0.05, 0.1) is 24.3 Å². The van der Waals surface area contributed by atoms with Crippen LogP contribution >= 0.6 is 0 Å². The van der Waals surface area contributed by atoms with E-state index in [9.17, 15) is 5.26 Å². The second kappa shape index (κ2) is 6.11. The molecule has 0 N–H and O–H groups in total. The summed E-state index contributed by atoms with van der Waals surface area (Å²) in [4.78, 5) is 4.34. The molecule has 0 aliphatic rings. The van der Waals surface area contributed by atoms with E-state index < -0.39 is 0 Å². The lowest BCUT2D eigenvalue weighted by Gasteiger charge is -2.04. The fourth-order valence-electron chi connectivity index (χ4n) is 2.35. The number of pyridine rings is 1. The summed E-state index contributed by atoms with van der Waals surface area (Å²) in [7, 11) is 1.62. The molecule has 106 valence electrons. The number of hydrogen-bond acceptors (Lipinski definition) is 3. The lowest BCUT2D eigenvalue weighted by atomic mass is 10.0. The van der Waals surface area contributed by atoms with Crippen LogP contribution in [0.15, 0.2) is 60.8 Å². The topological polar surface area (TPSA) is 45.9 Å². The minimum Gasteiger partial charge on any atom is -0.497 e. The van der Waals surface area contributed by atoms with Gasteiger partial charge in [-0.05, 0) is 53.6 Å². The van der Waals surface area contributed by atoms with Crippen molar-refractivity contribution in [2.24, 2.45) is 0 Å². The first-order chi connectivity index (χ1) is 10.8. The monoisotopic (exact) mass is 286 g/mol. The van der Waals surface area contributed by atoms with E-state index in [1.807, 2.05) is 60.7 Å². The van der Waals surface area contributed by atoms with Crippen LogP contribution in [-0.4, -0.2) is 12.1 Å². The van der Waals surface area contributed by atoms with E-state index in [0.29, 0.717) is 5.57 Å². The number of fused-ring (bicyclic) bond motifs is 1. The molecule has 0 saturated carbocycles. The van der Waals surface area contributed by atoms with Crippen molar-refractivity contribution in [1.29, 1.82) is 5.26 Å². The SMILES string of the molecule is COc1ccc(/C(C#N)=C/c2ccnc3ccccc23)cc1. The zero-order valence-corrected chi connectivity index (χ0v) is 12.2. The van der Waals surface area contributed by atoms with Crippen LogP contribution in [0.2, 0.25) is 0 Å². The lowest BCUT2D eigenvalue weighted by molar-refractivity contribution is 0.415. The number of methoxy groups -OCH3 is 1. The Morgan fingerprint density at radius 2 is 1.86 bits per heavy atom. The van der Waals surface area contributed by atoms with Crippen molar-refractivity contribution in [3.8, 4) is 11.8 Å². The maximum Gasteiger partial charge on any atom is 0.118 e. The maximum atomic E-state index is 9.47. The summed E-state index contributed by atoms with van der Waals surface area (Å²) in [6, 6.07) is 19.6. The molecular formula is C19H14N2O. The lowest BCUT2D eigenvalue weighted by Crippen LogP contribution is -1.86. The van der Waals surface area contributed by atoms with Crippen LogP contribution in [0, 0.1) is 11.3 Å². The molecule has 0 fully saturated rings. The number of benzene rings is 2. The van der Waals surface area contributed by atoms with Crippen molar-refractivity contribution in [2.75, 3.05) is 7.11 Å². The van der Waals surface area contributed by atoms with Gasteiger partial charge in [0.1, 0.15) is 5.75 Å². The first kappa shape index (κ1) is 13.8. The Kier molecular flexibility index (Phi) is 3.84. The van der Waals surface area contributed by atoms with Gasteiger partial charge in [-0.15, -0.1) is 0 Å². The van der Waals surface area contributed by atoms with Crippen LogP contribution in [0.3, 0.4) is 0 Å². The molecule has 3 aromatic rings. The van der Waals surface area contributed by atoms with E-state index >= 15 is 0 Å². The van der Waals surface area contributed by atoms with Crippen LogP contribution in [0.4, 0.5) is 0 Å². The molecule has 0 amide bonds. The Balaban J connectivity index is 2.09. The predicted octanol–water partition coefficient (Wildman–Crippen LogP) is 4.31. The highest BCUT2D eigenvalue weighted by Gasteiger charge is 2.04. The van der Waals surface area contributed by atoms with E-state index in [-0.39, 0.29) is 0 Å². The summed E-state index contributed by atoms with van der Waals surface area (Å²) in [6.07, 6.45) is 3.66. The summed E-state index contributed by atoms with van der Waals surface area (Å²) < 4.78 is 5.15. The molecule has 1 heterocycles. The van der Waals surface area contributed by atoms with E-state index in [0.717, 1.165) is 27.8 Å². The zero-order valence-electron chi connectivity index (χ0n) is 12.2. The quantitative estimate of drug-likeness (QED) is 0.674. The smallest absolute Gasteiger partial charge is 0.118 e. The molecule has 3 rings (SSSR count). The van der Waals surface area contributed by atoms with E-state index in [1.165, 1.54) is 0 Å². The number of aromatic nitrogens is 1. The number of allylic oxidation sites excluding steroid dienone is 1. The number of nitrogens with zero attached hydrogens (tertiary/aromatic N) is 2. The molecule has 0 radical (unpaired) electrons. The molecule has 3 heteroatoms. The zero-order chi connectivity index (χ0) is 15.4. The van der Waals surface area contributed by atoms with Crippen LogP contribution in [-0.2, 0) is 0 Å². The number of nitriles is 1. The Labute approximate surface area is 129 Å². The second-order valence-corrected chi connectivity index (χ2v) is 4.82. The second-order valence-electron chi connectivity index (χ2n) is 4.82. The van der Waals surface area contributed by atoms with Gasteiger partial charge < -0.3 is 4.74 Å². The molecular weight excluding hydrogens is 272 g/mol. The van der Waals surface area contributed by atoms with Crippen molar-refractivity contribution < 1.29 is 4.74 Å². The Bertz CT molecular complexity index is 869. The summed E-state index contributed by atoms with van der Waals surface area (Å²) in [6.45, 7) is 0. The summed E-state index contributed by atoms with van der Waals surface area (Å²) in [5, 5.41) is 10.5. The molecule has 0 unspecified atom stereocenters. The molecule has 1 aromatic heterocycles. The molecule has 0 aliphatic heterocycles. The molecule has 0 spiro atoms. The molecule has 0 atom stereocenters. The Hall–Kier alpha value is -3.12. The first-order valence-electron chi connectivity index (χ1n) is 6.92. The number of para-hydroxylation sites is 1. The Morgan fingerprint density at radius 3 is 2.59 bits per heavy atom. The predicted molar refractivity (Wildman–Crippen MR) is 88.2 cm³/mol. The normalized spacial score (nSPS) is 11.2. The summed E-state index contributed by atoms with van der Waals surface area (Å²) >= 11 is 0. The molecule has 2 aromatic carbocycles. The molecule has 0 saturated heterocycles.